The maximum atomic E-state index is 12.9. The van der Waals surface area contributed by atoms with Crippen molar-refractivity contribution in [3.8, 4) is 11.5 Å². The summed E-state index contributed by atoms with van der Waals surface area (Å²) in [7, 11) is 0. The number of nitrogens with one attached hydrogen (secondary N) is 1. The van der Waals surface area contributed by atoms with E-state index in [1.807, 2.05) is 0 Å². The van der Waals surface area contributed by atoms with Crippen LogP contribution in [-0.2, 0) is 11.3 Å². The fourth-order valence-electron chi connectivity index (χ4n) is 1.92. The highest BCUT2D eigenvalue weighted by Crippen LogP contribution is 2.18. The summed E-state index contributed by atoms with van der Waals surface area (Å²) in [6.07, 6.45) is 1.48. The Kier molecular flexibility index (Phi) is 4.39. The number of hydrogen-bond acceptors (Lipinski definition) is 5. The van der Waals surface area contributed by atoms with Crippen molar-refractivity contribution >= 4 is 23.2 Å². The number of pyridine rings is 1. The third kappa shape index (κ3) is 3.49. The Bertz CT molecular complexity index is 936. The molecule has 0 atom stereocenters. The van der Waals surface area contributed by atoms with E-state index in [-0.39, 0.29) is 17.6 Å². The van der Waals surface area contributed by atoms with Gasteiger partial charge in [-0.15, -0.1) is 5.10 Å². The molecule has 0 saturated carbocycles. The highest BCUT2D eigenvalue weighted by Gasteiger charge is 2.14. The number of carbonyl (C=O) groups excluding carboxylic acids is 1. The summed E-state index contributed by atoms with van der Waals surface area (Å²) in [4.78, 5) is 27.6. The van der Waals surface area contributed by atoms with Gasteiger partial charge in [-0.25, -0.2) is 14.2 Å². The van der Waals surface area contributed by atoms with Gasteiger partial charge in [0.1, 0.15) is 12.4 Å². The Morgan fingerprint density at radius 1 is 1.29 bits per heavy atom. The fraction of sp³-hybridized carbons (Fsp3) is 0.0667. The molecule has 0 unspecified atom stereocenters. The van der Waals surface area contributed by atoms with E-state index < -0.39 is 17.5 Å². The van der Waals surface area contributed by atoms with Crippen LogP contribution in [0.3, 0.4) is 0 Å². The molecule has 3 rings (SSSR count). The van der Waals surface area contributed by atoms with Gasteiger partial charge in [-0.2, -0.15) is 4.68 Å². The molecule has 0 saturated heterocycles. The molecule has 0 aliphatic carbocycles. The first-order chi connectivity index (χ1) is 11.5. The molecule has 0 spiro atoms. The first-order valence-electron chi connectivity index (χ1n) is 6.77. The maximum absolute atomic E-state index is 12.9. The number of rotatable bonds is 4. The molecule has 24 heavy (non-hydrogen) atoms. The van der Waals surface area contributed by atoms with Crippen molar-refractivity contribution in [2.75, 3.05) is 5.32 Å². The van der Waals surface area contributed by atoms with Crippen LogP contribution in [0.5, 0.6) is 0 Å². The van der Waals surface area contributed by atoms with Crippen molar-refractivity contribution in [3.05, 3.63) is 64.1 Å². The molecular weight excluding hydrogens is 339 g/mol. The molecule has 0 aliphatic rings. The molecule has 7 nitrogen and oxygen atoms in total. The van der Waals surface area contributed by atoms with Crippen molar-refractivity contribution in [1.29, 1.82) is 0 Å². The highest BCUT2D eigenvalue weighted by atomic mass is 35.5. The Morgan fingerprint density at radius 3 is 2.75 bits per heavy atom. The normalized spacial score (nSPS) is 10.6. The maximum Gasteiger partial charge on any atom is 0.437 e. The Morgan fingerprint density at radius 2 is 2.04 bits per heavy atom. The average Bonchev–Trinajstić information content (AvgIpc) is 2.91. The van der Waals surface area contributed by atoms with Crippen molar-refractivity contribution < 1.29 is 13.6 Å². The molecule has 1 N–H and O–H groups in total. The van der Waals surface area contributed by atoms with Gasteiger partial charge in [0.2, 0.25) is 11.8 Å². The summed E-state index contributed by atoms with van der Waals surface area (Å²) in [5.41, 5.74) is 0.738. The minimum Gasteiger partial charge on any atom is -0.388 e. The summed E-state index contributed by atoms with van der Waals surface area (Å²) in [5, 5.41) is 6.57. The molecule has 0 bridgehead atoms. The number of halogens is 2. The van der Waals surface area contributed by atoms with E-state index in [1.54, 1.807) is 12.1 Å². The van der Waals surface area contributed by atoms with Crippen molar-refractivity contribution in [1.82, 2.24) is 14.8 Å². The lowest BCUT2D eigenvalue weighted by atomic mass is 10.2. The van der Waals surface area contributed by atoms with Crippen molar-refractivity contribution in [3.63, 3.8) is 0 Å². The quantitative estimate of drug-likeness (QED) is 0.731. The number of hydrogen-bond donors (Lipinski definition) is 1. The van der Waals surface area contributed by atoms with Crippen LogP contribution in [0.25, 0.3) is 11.5 Å². The largest absolute Gasteiger partial charge is 0.437 e. The van der Waals surface area contributed by atoms with E-state index in [0.29, 0.717) is 11.3 Å². The standard InChI is InChI=1S/C15H10ClFN4O3/c16-13-11(2-1-7-18-13)19-12(22)8-21-15(23)24-14(20-21)9-3-5-10(17)6-4-9/h1-7H,8H2,(H,19,22). The zero-order chi connectivity index (χ0) is 17.1. The summed E-state index contributed by atoms with van der Waals surface area (Å²) in [6.45, 7) is -0.366. The number of amides is 1. The molecule has 3 aromatic rings. The van der Waals surface area contributed by atoms with Gasteiger partial charge >= 0.3 is 5.76 Å². The Labute approximate surface area is 139 Å². The zero-order valence-corrected chi connectivity index (χ0v) is 12.8. The van der Waals surface area contributed by atoms with Crippen LogP contribution in [0, 0.1) is 5.82 Å². The van der Waals surface area contributed by atoms with Crippen LogP contribution in [0.2, 0.25) is 5.15 Å². The Balaban J connectivity index is 1.76. The van der Waals surface area contributed by atoms with Crippen molar-refractivity contribution in [2.45, 2.75) is 6.54 Å². The third-order valence-electron chi connectivity index (χ3n) is 3.02. The summed E-state index contributed by atoms with van der Waals surface area (Å²) in [5.74, 6) is -1.76. The van der Waals surface area contributed by atoms with Crippen LogP contribution in [0.4, 0.5) is 10.1 Å². The van der Waals surface area contributed by atoms with Gasteiger partial charge in [0.15, 0.2) is 5.15 Å². The molecule has 2 aromatic heterocycles. The lowest BCUT2D eigenvalue weighted by Crippen LogP contribution is -2.26. The molecule has 1 amide bonds. The van der Waals surface area contributed by atoms with E-state index in [9.17, 15) is 14.0 Å². The van der Waals surface area contributed by atoms with Gasteiger partial charge in [0.05, 0.1) is 5.69 Å². The number of anilines is 1. The second-order valence-corrected chi connectivity index (χ2v) is 5.09. The highest BCUT2D eigenvalue weighted by molar-refractivity contribution is 6.32. The van der Waals surface area contributed by atoms with Gasteiger partial charge in [0.25, 0.3) is 0 Å². The third-order valence-corrected chi connectivity index (χ3v) is 3.33. The monoisotopic (exact) mass is 348 g/mol. The Hall–Kier alpha value is -3.00. The minimum atomic E-state index is -0.804. The van der Waals surface area contributed by atoms with Gasteiger partial charge < -0.3 is 9.73 Å². The van der Waals surface area contributed by atoms with Crippen LogP contribution >= 0.6 is 11.6 Å². The van der Waals surface area contributed by atoms with Crippen LogP contribution in [0.1, 0.15) is 0 Å². The number of nitrogens with zero attached hydrogens (tertiary/aromatic N) is 3. The first kappa shape index (κ1) is 15.9. The summed E-state index contributed by atoms with van der Waals surface area (Å²) in [6, 6.07) is 8.44. The molecule has 9 heteroatoms. The number of carbonyl (C=O) groups is 1. The van der Waals surface area contributed by atoms with Crippen LogP contribution in [0.15, 0.2) is 51.8 Å². The summed E-state index contributed by atoms with van der Waals surface area (Å²) >= 11 is 5.84. The molecule has 122 valence electrons. The molecule has 0 aliphatic heterocycles. The summed E-state index contributed by atoms with van der Waals surface area (Å²) < 4.78 is 18.7. The lowest BCUT2D eigenvalue weighted by molar-refractivity contribution is -0.117. The minimum absolute atomic E-state index is 0.00721. The molecular formula is C15H10ClFN4O3. The fourth-order valence-corrected chi connectivity index (χ4v) is 2.09. The zero-order valence-electron chi connectivity index (χ0n) is 12.1. The van der Waals surface area contributed by atoms with Gasteiger partial charge in [-0.3, -0.25) is 4.79 Å². The lowest BCUT2D eigenvalue weighted by Gasteiger charge is -2.05. The van der Waals surface area contributed by atoms with E-state index in [0.717, 1.165) is 4.68 Å². The molecule has 0 fully saturated rings. The molecule has 2 heterocycles. The van der Waals surface area contributed by atoms with Crippen LogP contribution < -0.4 is 11.1 Å². The number of benzene rings is 1. The average molecular weight is 349 g/mol. The van der Waals surface area contributed by atoms with E-state index in [1.165, 1.54) is 30.5 Å². The predicted molar refractivity (Wildman–Crippen MR) is 84.0 cm³/mol. The van der Waals surface area contributed by atoms with Crippen molar-refractivity contribution in [2.24, 2.45) is 0 Å². The second-order valence-electron chi connectivity index (χ2n) is 4.73. The predicted octanol–water partition coefficient (Wildman–Crippen LogP) is 2.33. The van der Waals surface area contributed by atoms with Gasteiger partial charge in [-0.05, 0) is 36.4 Å². The smallest absolute Gasteiger partial charge is 0.388 e. The second kappa shape index (κ2) is 6.63. The van der Waals surface area contributed by atoms with E-state index >= 15 is 0 Å². The topological polar surface area (TPSA) is 90.0 Å². The molecule has 1 aromatic carbocycles. The molecule has 0 radical (unpaired) electrons. The van der Waals surface area contributed by atoms with Gasteiger partial charge in [-0.1, -0.05) is 11.6 Å². The van der Waals surface area contributed by atoms with E-state index in [4.69, 9.17) is 16.0 Å². The first-order valence-corrected chi connectivity index (χ1v) is 7.15. The van der Waals surface area contributed by atoms with E-state index in [2.05, 4.69) is 15.4 Å². The SMILES string of the molecule is O=C(Cn1nc(-c2ccc(F)cc2)oc1=O)Nc1cccnc1Cl. The number of aromatic nitrogens is 3. The van der Waals surface area contributed by atoms with Gasteiger partial charge in [0, 0.05) is 11.8 Å². The van der Waals surface area contributed by atoms with Crippen LogP contribution in [-0.4, -0.2) is 20.7 Å².